The van der Waals surface area contributed by atoms with Gasteiger partial charge in [0, 0.05) is 27.6 Å². The van der Waals surface area contributed by atoms with Crippen LogP contribution < -0.4 is 0 Å². The van der Waals surface area contributed by atoms with Crippen molar-refractivity contribution in [2.75, 3.05) is 0 Å². The first-order valence-electron chi connectivity index (χ1n) is 20.4. The molecule has 0 aromatic heterocycles. The zero-order chi connectivity index (χ0) is 41.5. The summed E-state index contributed by atoms with van der Waals surface area (Å²) >= 11 is 0. The third-order valence-corrected chi connectivity index (χ3v) is 11.1. The second-order valence-electron chi connectivity index (χ2n) is 14.9. The molecule has 0 aliphatic rings. The first kappa shape index (κ1) is 38.4. The average molecular weight is 787 g/mol. The molecule has 61 heavy (non-hydrogen) atoms. The fraction of sp³-hybridized carbons (Fsp3) is 0. The van der Waals surface area contributed by atoms with Gasteiger partial charge in [0.1, 0.15) is 17.2 Å². The van der Waals surface area contributed by atoms with Crippen LogP contribution in [0.3, 0.4) is 0 Å². The fourth-order valence-electron chi connectivity index (χ4n) is 8.17. The molecule has 0 fully saturated rings. The van der Waals surface area contributed by atoms with Gasteiger partial charge >= 0.3 is 0 Å². The van der Waals surface area contributed by atoms with E-state index in [1.807, 2.05) is 164 Å². The van der Waals surface area contributed by atoms with E-state index in [-0.39, 0.29) is 0 Å². The minimum Gasteiger partial charge on any atom is -0.507 e. The highest BCUT2D eigenvalue weighted by Crippen LogP contribution is 2.44. The van der Waals surface area contributed by atoms with Crippen molar-refractivity contribution in [3.63, 3.8) is 0 Å². The highest BCUT2D eigenvalue weighted by Gasteiger charge is 2.16. The number of rotatable bonds is 4. The summed E-state index contributed by atoms with van der Waals surface area (Å²) in [6.07, 6.45) is 0. The Kier molecular flexibility index (Phi) is 10.9. The van der Waals surface area contributed by atoms with Crippen LogP contribution in [0.5, 0.6) is 17.2 Å². The number of phenolic OH excluding ortho intramolecular Hbond substituents is 3. The Morgan fingerprint density at radius 2 is 0.656 bits per heavy atom. The summed E-state index contributed by atoms with van der Waals surface area (Å²) < 4.78 is 0. The van der Waals surface area contributed by atoms with Gasteiger partial charge in [-0.25, -0.2) is 0 Å². The van der Waals surface area contributed by atoms with Crippen molar-refractivity contribution < 1.29 is 15.3 Å². The number of aromatic hydroxyl groups is 3. The molecule has 0 aliphatic heterocycles. The minimum atomic E-state index is 0.323. The van der Waals surface area contributed by atoms with Crippen LogP contribution in [-0.4, -0.2) is 15.3 Å². The van der Waals surface area contributed by atoms with Crippen LogP contribution >= 0.6 is 0 Å². The highest BCUT2D eigenvalue weighted by atomic mass is 16.3. The van der Waals surface area contributed by atoms with Crippen molar-refractivity contribution in [2.24, 2.45) is 0 Å². The standard InChI is InChI=1S/C22H16O.C20H14O.C16H12O/c23-22-20(16-9-3-1-4-10-16)15-18-13-7-8-14-19(18)21(22)17-11-5-2-6-12-17;21-20-17-10-4-2-7-15(17)12-13-19(20)18-11-5-8-14-6-1-3-9-16(14)18;17-16-11-4-3-9-15(16)14-10-5-7-12-6-1-2-8-13(12)14/h1-15,23H;1-13,21H;1-11,17H. The Bertz CT molecular complexity index is 3270. The van der Waals surface area contributed by atoms with E-state index >= 15 is 0 Å². The number of hydrogen-bond donors (Lipinski definition) is 3. The maximum absolute atomic E-state index is 11.0. The summed E-state index contributed by atoms with van der Waals surface area (Å²) in [4.78, 5) is 0. The van der Waals surface area contributed by atoms with Crippen LogP contribution in [0.2, 0.25) is 0 Å². The lowest BCUT2D eigenvalue weighted by Gasteiger charge is -2.14. The molecule has 0 atom stereocenters. The molecule has 0 saturated carbocycles. The van der Waals surface area contributed by atoms with Gasteiger partial charge in [0.2, 0.25) is 0 Å². The maximum atomic E-state index is 11.0. The third kappa shape index (κ3) is 7.89. The number of fused-ring (bicyclic) bond motifs is 4. The van der Waals surface area contributed by atoms with Gasteiger partial charge in [-0.1, -0.05) is 218 Å². The van der Waals surface area contributed by atoms with Crippen molar-refractivity contribution in [3.05, 3.63) is 237 Å². The predicted octanol–water partition coefficient (Wildman–Crippen LogP) is 15.5. The Morgan fingerprint density at radius 1 is 0.230 bits per heavy atom. The smallest absolute Gasteiger partial charge is 0.131 e. The van der Waals surface area contributed by atoms with Crippen LogP contribution in [-0.2, 0) is 0 Å². The summed E-state index contributed by atoms with van der Waals surface area (Å²) in [6.45, 7) is 0. The predicted molar refractivity (Wildman–Crippen MR) is 256 cm³/mol. The molecule has 0 spiro atoms. The van der Waals surface area contributed by atoms with Gasteiger partial charge in [0.25, 0.3) is 0 Å². The Balaban J connectivity index is 0.000000118. The number of para-hydroxylation sites is 1. The summed E-state index contributed by atoms with van der Waals surface area (Å²) in [7, 11) is 0. The summed E-state index contributed by atoms with van der Waals surface area (Å²) in [5, 5.41) is 40.4. The zero-order valence-corrected chi connectivity index (χ0v) is 33.4. The van der Waals surface area contributed by atoms with E-state index in [1.165, 1.54) is 10.8 Å². The summed E-state index contributed by atoms with van der Waals surface area (Å²) in [5.74, 6) is 1.01. The van der Waals surface area contributed by atoms with Crippen LogP contribution in [0.1, 0.15) is 0 Å². The molecule has 0 aliphatic carbocycles. The average Bonchev–Trinajstić information content (AvgIpc) is 3.32. The minimum absolute atomic E-state index is 0.323. The van der Waals surface area contributed by atoms with E-state index in [2.05, 4.69) is 66.7 Å². The summed E-state index contributed by atoms with van der Waals surface area (Å²) in [5.41, 5.74) is 7.70. The Hall–Kier alpha value is -8.14. The van der Waals surface area contributed by atoms with Gasteiger partial charge < -0.3 is 15.3 Å². The first-order valence-corrected chi connectivity index (χ1v) is 20.4. The monoisotopic (exact) mass is 786 g/mol. The largest absolute Gasteiger partial charge is 0.507 e. The fourth-order valence-corrected chi connectivity index (χ4v) is 8.17. The van der Waals surface area contributed by atoms with Crippen molar-refractivity contribution >= 4 is 43.1 Å². The molecular formula is C58H42O3. The van der Waals surface area contributed by atoms with Gasteiger partial charge in [-0.05, 0) is 78.2 Å². The van der Waals surface area contributed by atoms with E-state index in [0.717, 1.165) is 76.8 Å². The van der Waals surface area contributed by atoms with Gasteiger partial charge in [-0.3, -0.25) is 0 Å². The first-order chi connectivity index (χ1) is 30.0. The molecule has 292 valence electrons. The van der Waals surface area contributed by atoms with Crippen molar-refractivity contribution in [1.29, 1.82) is 0 Å². The second kappa shape index (κ2) is 17.4. The van der Waals surface area contributed by atoms with E-state index in [1.54, 1.807) is 6.07 Å². The number of hydrogen-bond acceptors (Lipinski definition) is 3. The molecule has 3 heteroatoms. The molecule has 0 heterocycles. The van der Waals surface area contributed by atoms with Gasteiger partial charge in [0.15, 0.2) is 0 Å². The molecule has 11 aromatic carbocycles. The summed E-state index contributed by atoms with van der Waals surface area (Å²) in [6, 6.07) is 78.5. The number of benzene rings is 11. The second-order valence-corrected chi connectivity index (χ2v) is 14.9. The molecule has 0 amide bonds. The van der Waals surface area contributed by atoms with Gasteiger partial charge in [-0.15, -0.1) is 0 Å². The quantitative estimate of drug-likeness (QED) is 0.166. The van der Waals surface area contributed by atoms with Crippen molar-refractivity contribution in [2.45, 2.75) is 0 Å². The number of phenols is 3. The third-order valence-electron chi connectivity index (χ3n) is 11.1. The van der Waals surface area contributed by atoms with Gasteiger partial charge in [0.05, 0.1) is 0 Å². The molecule has 0 unspecified atom stereocenters. The van der Waals surface area contributed by atoms with Crippen LogP contribution in [0.25, 0.3) is 87.6 Å². The zero-order valence-electron chi connectivity index (χ0n) is 33.4. The maximum Gasteiger partial charge on any atom is 0.131 e. The molecular weight excluding hydrogens is 745 g/mol. The Morgan fingerprint density at radius 3 is 1.26 bits per heavy atom. The lowest BCUT2D eigenvalue weighted by Crippen LogP contribution is -1.87. The van der Waals surface area contributed by atoms with E-state index < -0.39 is 0 Å². The van der Waals surface area contributed by atoms with E-state index in [0.29, 0.717) is 17.2 Å². The SMILES string of the molecule is Oc1c(-c2cccc3ccccc23)ccc2ccccc12.Oc1c(-c2ccccc2)cc2ccccc2c1-c1ccccc1.Oc1ccccc1-c1cccc2ccccc12. The lowest BCUT2D eigenvalue weighted by atomic mass is 9.91. The molecule has 11 aromatic rings. The molecule has 3 nitrogen and oxygen atoms in total. The van der Waals surface area contributed by atoms with E-state index in [9.17, 15) is 15.3 Å². The topological polar surface area (TPSA) is 60.7 Å². The molecule has 0 saturated heterocycles. The molecule has 11 rings (SSSR count). The van der Waals surface area contributed by atoms with E-state index in [4.69, 9.17) is 0 Å². The van der Waals surface area contributed by atoms with Gasteiger partial charge in [-0.2, -0.15) is 0 Å². The lowest BCUT2D eigenvalue weighted by molar-refractivity contribution is 0.477. The van der Waals surface area contributed by atoms with Crippen molar-refractivity contribution in [3.8, 4) is 61.8 Å². The van der Waals surface area contributed by atoms with Crippen LogP contribution in [0.4, 0.5) is 0 Å². The molecule has 3 N–H and O–H groups in total. The highest BCUT2D eigenvalue weighted by molar-refractivity contribution is 6.05. The van der Waals surface area contributed by atoms with Crippen molar-refractivity contribution in [1.82, 2.24) is 0 Å². The molecule has 0 bridgehead atoms. The molecule has 0 radical (unpaired) electrons. The Labute approximate surface area is 355 Å². The normalized spacial score (nSPS) is 10.8. The van der Waals surface area contributed by atoms with Crippen LogP contribution in [0.15, 0.2) is 237 Å². The van der Waals surface area contributed by atoms with Crippen LogP contribution in [0, 0.1) is 0 Å².